The van der Waals surface area contributed by atoms with Gasteiger partial charge in [0.15, 0.2) is 11.9 Å². The predicted molar refractivity (Wildman–Crippen MR) is 45.4 cm³/mol. The molecule has 2 aliphatic rings. The van der Waals surface area contributed by atoms with E-state index in [4.69, 9.17) is 14.2 Å². The van der Waals surface area contributed by atoms with Crippen molar-refractivity contribution in [2.75, 3.05) is 6.61 Å². The maximum absolute atomic E-state index is 10.9. The van der Waals surface area contributed by atoms with E-state index in [1.807, 2.05) is 0 Å². The molecule has 0 aliphatic carbocycles. The molecule has 80 valence electrons. The maximum Gasteiger partial charge on any atom is 0.309 e. The normalized spacial score (nSPS) is 41.4. The molecule has 0 spiro atoms. The molecule has 5 nitrogen and oxygen atoms in total. The van der Waals surface area contributed by atoms with Gasteiger partial charge in [0.25, 0.3) is 0 Å². The fourth-order valence-electron chi connectivity index (χ4n) is 1.77. The van der Waals surface area contributed by atoms with Crippen LogP contribution in [0.25, 0.3) is 0 Å². The Balaban J connectivity index is 2.00. The Morgan fingerprint density at radius 3 is 2.64 bits per heavy atom. The fraction of sp³-hybridized carbons (Fsp3) is 0.889. The standard InChI is InChI=1S/C9H14O5/c1-9(2)12-4-6(14-9)8-5(10)3-7(11)13-8/h5-6,8,10H,3-4H2,1-2H3/t5-,6?,8-/m1/s1. The summed E-state index contributed by atoms with van der Waals surface area (Å²) in [6, 6.07) is 0. The quantitative estimate of drug-likeness (QED) is 0.597. The Bertz CT molecular complexity index is 250. The van der Waals surface area contributed by atoms with E-state index in [2.05, 4.69) is 0 Å². The number of ether oxygens (including phenoxy) is 3. The average Bonchev–Trinajstić information content (AvgIpc) is 2.55. The van der Waals surface area contributed by atoms with E-state index in [1.165, 1.54) is 0 Å². The highest BCUT2D eigenvalue weighted by Crippen LogP contribution is 2.29. The van der Waals surface area contributed by atoms with Gasteiger partial charge < -0.3 is 19.3 Å². The lowest BCUT2D eigenvalue weighted by Gasteiger charge is -2.21. The van der Waals surface area contributed by atoms with Gasteiger partial charge >= 0.3 is 5.97 Å². The van der Waals surface area contributed by atoms with Gasteiger partial charge in [-0.3, -0.25) is 4.79 Å². The minimum Gasteiger partial charge on any atom is -0.457 e. The molecule has 0 saturated carbocycles. The number of rotatable bonds is 1. The van der Waals surface area contributed by atoms with Crippen molar-refractivity contribution in [3.05, 3.63) is 0 Å². The second kappa shape index (κ2) is 3.18. The largest absolute Gasteiger partial charge is 0.457 e. The number of cyclic esters (lactones) is 1. The number of hydrogen-bond acceptors (Lipinski definition) is 5. The lowest BCUT2D eigenvalue weighted by molar-refractivity contribution is -0.166. The third-order valence-electron chi connectivity index (χ3n) is 2.42. The molecule has 0 radical (unpaired) electrons. The van der Waals surface area contributed by atoms with Gasteiger partial charge in [-0.15, -0.1) is 0 Å². The molecular weight excluding hydrogens is 188 g/mol. The van der Waals surface area contributed by atoms with Crippen LogP contribution in [0.4, 0.5) is 0 Å². The molecule has 2 aliphatic heterocycles. The van der Waals surface area contributed by atoms with Crippen LogP contribution in [-0.2, 0) is 19.0 Å². The molecule has 3 atom stereocenters. The SMILES string of the molecule is CC1(C)OCC([C@@H]2OC(=O)C[C@H]2O)O1. The summed E-state index contributed by atoms with van der Waals surface area (Å²) in [5.41, 5.74) is 0. The zero-order valence-corrected chi connectivity index (χ0v) is 8.23. The van der Waals surface area contributed by atoms with Crippen molar-refractivity contribution in [3.63, 3.8) is 0 Å². The van der Waals surface area contributed by atoms with Crippen LogP contribution in [0.5, 0.6) is 0 Å². The lowest BCUT2D eigenvalue weighted by atomic mass is 10.1. The molecule has 0 aromatic heterocycles. The van der Waals surface area contributed by atoms with E-state index < -0.39 is 18.0 Å². The van der Waals surface area contributed by atoms with Crippen LogP contribution >= 0.6 is 0 Å². The van der Waals surface area contributed by atoms with Gasteiger partial charge in [0.2, 0.25) is 0 Å². The molecule has 0 aromatic rings. The van der Waals surface area contributed by atoms with E-state index in [-0.39, 0.29) is 18.5 Å². The molecular formula is C9H14O5. The molecule has 14 heavy (non-hydrogen) atoms. The monoisotopic (exact) mass is 202 g/mol. The van der Waals surface area contributed by atoms with Crippen LogP contribution in [0.3, 0.4) is 0 Å². The number of esters is 1. The molecule has 1 unspecified atom stereocenters. The third kappa shape index (κ3) is 1.75. The topological polar surface area (TPSA) is 65.0 Å². The first-order valence-corrected chi connectivity index (χ1v) is 4.67. The van der Waals surface area contributed by atoms with Crippen molar-refractivity contribution in [3.8, 4) is 0 Å². The lowest BCUT2D eigenvalue weighted by Crippen LogP contribution is -2.37. The van der Waals surface area contributed by atoms with Crippen LogP contribution in [0.1, 0.15) is 20.3 Å². The summed E-state index contributed by atoms with van der Waals surface area (Å²) in [4.78, 5) is 10.9. The highest BCUT2D eigenvalue weighted by atomic mass is 16.8. The smallest absolute Gasteiger partial charge is 0.309 e. The van der Waals surface area contributed by atoms with Gasteiger partial charge in [0.1, 0.15) is 12.2 Å². The maximum atomic E-state index is 10.9. The Morgan fingerprint density at radius 1 is 1.50 bits per heavy atom. The Labute approximate surface area is 81.9 Å². The summed E-state index contributed by atoms with van der Waals surface area (Å²) in [6.45, 7) is 3.92. The van der Waals surface area contributed by atoms with E-state index in [1.54, 1.807) is 13.8 Å². The minimum absolute atomic E-state index is 0.0466. The number of hydrogen-bond donors (Lipinski definition) is 1. The summed E-state index contributed by atoms with van der Waals surface area (Å²) in [6.07, 6.45) is -1.66. The van der Waals surface area contributed by atoms with E-state index in [0.717, 1.165) is 0 Å². The van der Waals surface area contributed by atoms with Gasteiger partial charge in [-0.2, -0.15) is 0 Å². The molecule has 2 heterocycles. The Morgan fingerprint density at radius 2 is 2.21 bits per heavy atom. The van der Waals surface area contributed by atoms with E-state index in [9.17, 15) is 9.90 Å². The predicted octanol–water partition coefficient (Wildman–Crippen LogP) is -0.186. The van der Waals surface area contributed by atoms with Crippen LogP contribution in [0, 0.1) is 0 Å². The van der Waals surface area contributed by atoms with Gasteiger partial charge in [-0.25, -0.2) is 0 Å². The fourth-order valence-corrected chi connectivity index (χ4v) is 1.77. The van der Waals surface area contributed by atoms with Gasteiger partial charge in [0, 0.05) is 0 Å². The van der Waals surface area contributed by atoms with Crippen LogP contribution < -0.4 is 0 Å². The van der Waals surface area contributed by atoms with Crippen LogP contribution in [0.15, 0.2) is 0 Å². The Kier molecular flexibility index (Phi) is 2.25. The van der Waals surface area contributed by atoms with Crippen molar-refractivity contribution in [2.24, 2.45) is 0 Å². The summed E-state index contributed by atoms with van der Waals surface area (Å²) in [7, 11) is 0. The highest BCUT2D eigenvalue weighted by Gasteiger charge is 2.45. The zero-order valence-electron chi connectivity index (χ0n) is 8.23. The van der Waals surface area contributed by atoms with Crippen molar-refractivity contribution in [1.29, 1.82) is 0 Å². The first-order valence-electron chi connectivity index (χ1n) is 4.67. The summed E-state index contributed by atoms with van der Waals surface area (Å²) in [5.74, 6) is -1.03. The number of aliphatic hydroxyl groups is 1. The van der Waals surface area contributed by atoms with Crippen molar-refractivity contribution in [1.82, 2.24) is 0 Å². The van der Waals surface area contributed by atoms with E-state index >= 15 is 0 Å². The van der Waals surface area contributed by atoms with Gasteiger partial charge in [0.05, 0.1) is 13.0 Å². The first-order chi connectivity index (χ1) is 6.48. The molecule has 2 rings (SSSR count). The van der Waals surface area contributed by atoms with Gasteiger partial charge in [-0.1, -0.05) is 0 Å². The molecule has 2 fully saturated rings. The second-order valence-corrected chi connectivity index (χ2v) is 4.09. The number of aliphatic hydroxyl groups excluding tert-OH is 1. The molecule has 1 N–H and O–H groups in total. The number of carbonyl (C=O) groups excluding carboxylic acids is 1. The van der Waals surface area contributed by atoms with Crippen molar-refractivity contribution >= 4 is 5.97 Å². The molecule has 2 saturated heterocycles. The third-order valence-corrected chi connectivity index (χ3v) is 2.42. The Hall–Kier alpha value is -0.650. The first kappa shape index (κ1) is 9.89. The summed E-state index contributed by atoms with van der Waals surface area (Å²) >= 11 is 0. The average molecular weight is 202 g/mol. The minimum atomic E-state index is -0.773. The van der Waals surface area contributed by atoms with Gasteiger partial charge in [-0.05, 0) is 13.8 Å². The van der Waals surface area contributed by atoms with Crippen molar-refractivity contribution in [2.45, 2.75) is 44.4 Å². The van der Waals surface area contributed by atoms with Crippen molar-refractivity contribution < 1.29 is 24.1 Å². The molecule has 0 bridgehead atoms. The summed E-state index contributed by atoms with van der Waals surface area (Å²) < 4.78 is 15.8. The summed E-state index contributed by atoms with van der Waals surface area (Å²) in [5, 5.41) is 9.51. The van der Waals surface area contributed by atoms with Crippen LogP contribution in [0.2, 0.25) is 0 Å². The second-order valence-electron chi connectivity index (χ2n) is 4.09. The number of carbonyl (C=O) groups is 1. The molecule has 0 aromatic carbocycles. The van der Waals surface area contributed by atoms with Crippen LogP contribution in [-0.4, -0.2) is 41.8 Å². The highest BCUT2D eigenvalue weighted by molar-refractivity contribution is 5.72. The molecule has 0 amide bonds. The zero-order chi connectivity index (χ0) is 10.3. The molecule has 5 heteroatoms. The van der Waals surface area contributed by atoms with E-state index in [0.29, 0.717) is 6.61 Å².